The van der Waals surface area contributed by atoms with Crippen LogP contribution in [0.25, 0.3) is 22.3 Å². The number of morpholine rings is 1. The van der Waals surface area contributed by atoms with Crippen molar-refractivity contribution in [2.24, 2.45) is 0 Å². The van der Waals surface area contributed by atoms with Gasteiger partial charge in [-0.15, -0.1) is 0 Å². The summed E-state index contributed by atoms with van der Waals surface area (Å²) in [6.07, 6.45) is -0.632. The summed E-state index contributed by atoms with van der Waals surface area (Å²) in [5.41, 5.74) is 7.97. The number of carbonyl (C=O) groups excluding carboxylic acids is 2. The number of hydrogen-bond acceptors (Lipinski definition) is 6. The quantitative estimate of drug-likeness (QED) is 0.273. The van der Waals surface area contributed by atoms with Crippen molar-refractivity contribution in [1.82, 2.24) is 10.2 Å². The molecule has 2 fully saturated rings. The summed E-state index contributed by atoms with van der Waals surface area (Å²) < 4.78 is 17.6. The molecule has 230 valence electrons. The summed E-state index contributed by atoms with van der Waals surface area (Å²) in [5, 5.41) is 13.2. The number of nitriles is 1. The lowest BCUT2D eigenvalue weighted by Gasteiger charge is -2.50. The molecule has 0 spiro atoms. The van der Waals surface area contributed by atoms with Gasteiger partial charge in [0, 0.05) is 24.7 Å². The first-order valence-electron chi connectivity index (χ1n) is 15.8. The molecule has 1 N–H and O–H groups in total. The van der Waals surface area contributed by atoms with E-state index in [4.69, 9.17) is 14.2 Å². The Hall–Kier alpha value is -5.13. The summed E-state index contributed by atoms with van der Waals surface area (Å²) in [4.78, 5) is 28.6. The van der Waals surface area contributed by atoms with Gasteiger partial charge < -0.3 is 19.5 Å². The van der Waals surface area contributed by atoms with Gasteiger partial charge in [-0.1, -0.05) is 97.1 Å². The van der Waals surface area contributed by atoms with Crippen LogP contribution in [-0.4, -0.2) is 61.1 Å². The van der Waals surface area contributed by atoms with Crippen molar-refractivity contribution in [3.05, 3.63) is 119 Å². The fourth-order valence-corrected chi connectivity index (χ4v) is 8.02. The van der Waals surface area contributed by atoms with Crippen LogP contribution in [0, 0.1) is 11.3 Å². The summed E-state index contributed by atoms with van der Waals surface area (Å²) in [6, 6.07) is 34.3. The van der Waals surface area contributed by atoms with Crippen molar-refractivity contribution < 1.29 is 23.8 Å². The molecule has 8 heteroatoms. The molecule has 2 aliphatic heterocycles. The second kappa shape index (κ2) is 11.3. The van der Waals surface area contributed by atoms with Gasteiger partial charge in [0.2, 0.25) is 0 Å². The second-order valence-corrected chi connectivity index (χ2v) is 12.6. The lowest BCUT2D eigenvalue weighted by atomic mass is 9.79. The first-order chi connectivity index (χ1) is 22.5. The number of benzene rings is 4. The zero-order valence-corrected chi connectivity index (χ0v) is 25.2. The highest BCUT2D eigenvalue weighted by Gasteiger charge is 2.51. The van der Waals surface area contributed by atoms with Gasteiger partial charge in [-0.3, -0.25) is 4.90 Å². The third kappa shape index (κ3) is 4.70. The second-order valence-electron chi connectivity index (χ2n) is 12.6. The Labute approximate surface area is 267 Å². The van der Waals surface area contributed by atoms with Crippen molar-refractivity contribution in [3.8, 4) is 28.3 Å². The summed E-state index contributed by atoms with van der Waals surface area (Å²) in [7, 11) is 0. The third-order valence-corrected chi connectivity index (χ3v) is 10.0. The van der Waals surface area contributed by atoms with E-state index in [-0.39, 0.29) is 51.1 Å². The van der Waals surface area contributed by atoms with Crippen LogP contribution < -0.4 is 5.32 Å². The van der Waals surface area contributed by atoms with Crippen molar-refractivity contribution in [2.45, 2.75) is 42.3 Å². The summed E-state index contributed by atoms with van der Waals surface area (Å²) >= 11 is 0. The van der Waals surface area contributed by atoms with Crippen molar-refractivity contribution >= 4 is 12.2 Å². The van der Waals surface area contributed by atoms with Crippen molar-refractivity contribution in [2.75, 3.05) is 26.4 Å². The number of rotatable bonds is 5. The van der Waals surface area contributed by atoms with E-state index in [0.29, 0.717) is 0 Å². The summed E-state index contributed by atoms with van der Waals surface area (Å²) in [5.74, 6) is -0.134. The smallest absolute Gasteiger partial charge is 0.410 e. The lowest BCUT2D eigenvalue weighted by molar-refractivity contribution is -0.0804. The Morgan fingerprint density at radius 1 is 0.717 bits per heavy atom. The number of nitrogens with zero attached hydrogens (tertiary/aromatic N) is 2. The standard InChI is InChI=1S/C38H33N3O5/c39-23-38(40-36(42)45-21-34-30-13-5-1-9-26(30)27-10-2-6-14-31(27)34)17-24-19-44-20-25(18-38)41(24)37(43)46-22-35-32-15-7-3-11-28(32)29-12-4-8-16-33(29)35/h1-16,24-25,34-35H,17-22H2,(H,40,42). The molecular weight excluding hydrogens is 578 g/mol. The van der Waals surface area contributed by atoms with Crippen LogP contribution in [0.4, 0.5) is 9.59 Å². The molecule has 0 saturated carbocycles. The number of alkyl carbamates (subject to hydrolysis) is 1. The average molecular weight is 612 g/mol. The normalized spacial score (nSPS) is 22.5. The van der Waals surface area contributed by atoms with Crippen LogP contribution in [0.3, 0.4) is 0 Å². The maximum atomic E-state index is 13.6. The Morgan fingerprint density at radius 2 is 1.13 bits per heavy atom. The SMILES string of the molecule is N#CC1(NC(=O)OCC2c3ccccc3-c3ccccc32)CC2COCC(C1)N2C(=O)OCC1c2ccccc2-c2ccccc21. The van der Waals surface area contributed by atoms with Crippen LogP contribution in [0.1, 0.15) is 46.9 Å². The monoisotopic (exact) mass is 611 g/mol. The number of fused-ring (bicyclic) bond motifs is 8. The highest BCUT2D eigenvalue weighted by Crippen LogP contribution is 2.46. The van der Waals surface area contributed by atoms with E-state index in [2.05, 4.69) is 59.9 Å². The van der Waals surface area contributed by atoms with Crippen LogP contribution in [0.2, 0.25) is 0 Å². The maximum Gasteiger partial charge on any atom is 0.410 e. The predicted molar refractivity (Wildman–Crippen MR) is 171 cm³/mol. The van der Waals surface area contributed by atoms with Gasteiger partial charge in [0.05, 0.1) is 31.4 Å². The molecule has 2 bridgehead atoms. The molecule has 2 atom stereocenters. The Kier molecular flexibility index (Phi) is 6.99. The topological polar surface area (TPSA) is 101 Å². The number of ether oxygens (including phenoxy) is 3. The molecule has 2 heterocycles. The first-order valence-corrected chi connectivity index (χ1v) is 15.8. The number of nitrogens with one attached hydrogen (secondary N) is 1. The Morgan fingerprint density at radius 3 is 1.57 bits per heavy atom. The van der Waals surface area contributed by atoms with E-state index < -0.39 is 29.8 Å². The van der Waals surface area contributed by atoms with Crippen LogP contribution in [-0.2, 0) is 14.2 Å². The molecule has 0 aromatic heterocycles. The fourth-order valence-electron chi connectivity index (χ4n) is 8.02. The first kappa shape index (κ1) is 28.4. The van der Waals surface area contributed by atoms with Crippen LogP contribution in [0.15, 0.2) is 97.1 Å². The van der Waals surface area contributed by atoms with Gasteiger partial charge in [-0.05, 0) is 44.5 Å². The van der Waals surface area contributed by atoms with Gasteiger partial charge in [-0.2, -0.15) is 5.26 Å². The lowest BCUT2D eigenvalue weighted by Crippen LogP contribution is -2.67. The van der Waals surface area contributed by atoms with Gasteiger partial charge >= 0.3 is 12.2 Å². The Balaban J connectivity index is 0.934. The minimum Gasteiger partial charge on any atom is -0.449 e. The van der Waals surface area contributed by atoms with Crippen molar-refractivity contribution in [1.29, 1.82) is 5.26 Å². The largest absolute Gasteiger partial charge is 0.449 e. The van der Waals surface area contributed by atoms with Crippen LogP contribution >= 0.6 is 0 Å². The molecule has 4 aromatic carbocycles. The molecule has 4 aromatic rings. The molecule has 46 heavy (non-hydrogen) atoms. The fraction of sp³-hybridized carbons (Fsp3) is 0.289. The number of carbonyl (C=O) groups is 2. The molecule has 0 radical (unpaired) electrons. The molecule has 8 rings (SSSR count). The average Bonchev–Trinajstić information content (AvgIpc) is 3.58. The number of amides is 2. The van der Waals surface area contributed by atoms with E-state index in [9.17, 15) is 14.9 Å². The number of hydrogen-bond donors (Lipinski definition) is 1. The van der Waals surface area contributed by atoms with Gasteiger partial charge in [-0.25, -0.2) is 9.59 Å². The van der Waals surface area contributed by atoms with E-state index in [0.717, 1.165) is 33.4 Å². The molecule has 2 saturated heterocycles. The predicted octanol–water partition coefficient (Wildman–Crippen LogP) is 6.60. The molecule has 2 amide bonds. The third-order valence-electron chi connectivity index (χ3n) is 10.0. The molecule has 2 aliphatic carbocycles. The zero-order chi connectivity index (χ0) is 31.3. The van der Waals surface area contributed by atoms with Crippen molar-refractivity contribution in [3.63, 3.8) is 0 Å². The maximum absolute atomic E-state index is 13.6. The minimum atomic E-state index is -1.19. The van der Waals surface area contributed by atoms with E-state index >= 15 is 0 Å². The highest BCUT2D eigenvalue weighted by atomic mass is 16.6. The highest BCUT2D eigenvalue weighted by molar-refractivity contribution is 5.80. The van der Waals surface area contributed by atoms with E-state index in [1.807, 2.05) is 48.5 Å². The molecule has 8 nitrogen and oxygen atoms in total. The zero-order valence-electron chi connectivity index (χ0n) is 25.2. The minimum absolute atomic E-state index is 0.0503. The van der Waals surface area contributed by atoms with E-state index in [1.54, 1.807) is 4.90 Å². The van der Waals surface area contributed by atoms with Gasteiger partial charge in [0.1, 0.15) is 18.8 Å². The van der Waals surface area contributed by atoms with E-state index in [1.165, 1.54) is 11.1 Å². The summed E-state index contributed by atoms with van der Waals surface area (Å²) in [6.45, 7) is 0.890. The van der Waals surface area contributed by atoms with Gasteiger partial charge in [0.25, 0.3) is 0 Å². The Bertz CT molecular complexity index is 1780. The van der Waals surface area contributed by atoms with Crippen LogP contribution in [0.5, 0.6) is 0 Å². The molecule has 2 unspecified atom stereocenters. The number of piperidine rings is 1. The van der Waals surface area contributed by atoms with Gasteiger partial charge in [0.15, 0.2) is 0 Å². The molecule has 4 aliphatic rings. The molecular formula is C38H33N3O5.